The first-order chi connectivity index (χ1) is 12.0. The number of aryl methyl sites for hydroxylation is 1. The van der Waals surface area contributed by atoms with E-state index in [2.05, 4.69) is 0 Å². The molecule has 1 aliphatic rings. The molecule has 0 bridgehead atoms. The van der Waals surface area contributed by atoms with Crippen LogP contribution in [0, 0.1) is 18.3 Å². The molecule has 7 nitrogen and oxygen atoms in total. The van der Waals surface area contributed by atoms with Crippen LogP contribution in [0.5, 0.6) is 17.2 Å². The van der Waals surface area contributed by atoms with Gasteiger partial charge in [-0.25, -0.2) is 4.79 Å². The summed E-state index contributed by atoms with van der Waals surface area (Å²) in [6, 6.07) is 8.71. The molecule has 0 amide bonds. The van der Waals surface area contributed by atoms with Crippen LogP contribution in [0.3, 0.4) is 0 Å². The molecular weight excluding hydrogens is 324 g/mol. The van der Waals surface area contributed by atoms with Crippen molar-refractivity contribution in [2.75, 3.05) is 14.2 Å². The number of ether oxygens (including phenoxy) is 3. The van der Waals surface area contributed by atoms with Crippen molar-refractivity contribution in [2.24, 2.45) is 5.73 Å². The molecule has 0 aliphatic carbocycles. The molecule has 1 aliphatic heterocycles. The van der Waals surface area contributed by atoms with E-state index in [1.807, 2.05) is 6.07 Å². The summed E-state index contributed by atoms with van der Waals surface area (Å²) in [5.41, 5.74) is 6.24. The smallest absolute Gasteiger partial charge is 0.343 e. The van der Waals surface area contributed by atoms with E-state index in [9.17, 15) is 10.1 Å². The molecule has 2 N–H and O–H groups in total. The third-order valence-electron chi connectivity index (χ3n) is 4.01. The standard InChI is InChI=1S/C18H16N2O5/c1-9-6-14-16(18(21)24-9)15(12(8-19)17(20)25-14)11-5-4-10(22-2)7-13(11)23-3/h4-7,15H,20H2,1-3H3/t15-/m1/s1. The summed E-state index contributed by atoms with van der Waals surface area (Å²) in [5, 5.41) is 9.56. The van der Waals surface area contributed by atoms with E-state index in [0.717, 1.165) is 0 Å². The SMILES string of the molecule is COc1ccc([C@@H]2C(C#N)=C(N)Oc3cc(C)oc(=O)c32)c(OC)c1. The van der Waals surface area contributed by atoms with Crippen LogP contribution in [0.4, 0.5) is 0 Å². The van der Waals surface area contributed by atoms with Crippen LogP contribution in [0.2, 0.25) is 0 Å². The third kappa shape index (κ3) is 2.68. The van der Waals surface area contributed by atoms with Crippen molar-refractivity contribution in [1.29, 1.82) is 5.26 Å². The molecule has 0 fully saturated rings. The molecule has 0 spiro atoms. The van der Waals surface area contributed by atoms with Crippen molar-refractivity contribution in [3.63, 3.8) is 0 Å². The van der Waals surface area contributed by atoms with Gasteiger partial charge in [0.25, 0.3) is 0 Å². The molecular formula is C18H16N2O5. The molecule has 0 unspecified atom stereocenters. The summed E-state index contributed by atoms with van der Waals surface area (Å²) in [4.78, 5) is 12.5. The average Bonchev–Trinajstić information content (AvgIpc) is 2.59. The lowest BCUT2D eigenvalue weighted by Crippen LogP contribution is -2.26. The van der Waals surface area contributed by atoms with Gasteiger partial charge in [-0.05, 0) is 13.0 Å². The van der Waals surface area contributed by atoms with Crippen LogP contribution in [0.1, 0.15) is 22.8 Å². The number of methoxy groups -OCH3 is 2. The summed E-state index contributed by atoms with van der Waals surface area (Å²) < 4.78 is 21.3. The molecule has 1 aromatic heterocycles. The maximum Gasteiger partial charge on any atom is 0.343 e. The van der Waals surface area contributed by atoms with Gasteiger partial charge >= 0.3 is 5.63 Å². The number of hydrogen-bond donors (Lipinski definition) is 1. The third-order valence-corrected chi connectivity index (χ3v) is 4.01. The Morgan fingerprint density at radius 2 is 2.00 bits per heavy atom. The number of benzene rings is 1. The minimum Gasteiger partial charge on any atom is -0.497 e. The second kappa shape index (κ2) is 6.24. The highest BCUT2D eigenvalue weighted by Gasteiger charge is 2.36. The number of rotatable bonds is 3. The van der Waals surface area contributed by atoms with Gasteiger partial charge in [-0.1, -0.05) is 6.07 Å². The summed E-state index contributed by atoms with van der Waals surface area (Å²) in [6.07, 6.45) is 0. The Labute approximate surface area is 143 Å². The maximum atomic E-state index is 12.5. The Kier molecular flexibility index (Phi) is 4.11. The Morgan fingerprint density at radius 3 is 2.64 bits per heavy atom. The lowest BCUT2D eigenvalue weighted by Gasteiger charge is -2.26. The molecule has 0 radical (unpaired) electrons. The number of fused-ring (bicyclic) bond motifs is 1. The van der Waals surface area contributed by atoms with Gasteiger partial charge in [0, 0.05) is 17.7 Å². The van der Waals surface area contributed by atoms with Crippen LogP contribution in [-0.2, 0) is 0 Å². The van der Waals surface area contributed by atoms with Gasteiger partial charge in [-0.2, -0.15) is 5.26 Å². The van der Waals surface area contributed by atoms with Gasteiger partial charge in [0.2, 0.25) is 5.88 Å². The monoisotopic (exact) mass is 340 g/mol. The van der Waals surface area contributed by atoms with Gasteiger partial charge < -0.3 is 24.4 Å². The molecule has 2 aromatic rings. The molecule has 128 valence electrons. The fourth-order valence-electron chi connectivity index (χ4n) is 2.89. The van der Waals surface area contributed by atoms with Crippen molar-refractivity contribution in [3.8, 4) is 23.3 Å². The fourth-order valence-corrected chi connectivity index (χ4v) is 2.89. The van der Waals surface area contributed by atoms with E-state index in [1.165, 1.54) is 14.2 Å². The summed E-state index contributed by atoms with van der Waals surface area (Å²) >= 11 is 0. The molecule has 1 atom stereocenters. The Morgan fingerprint density at radius 1 is 1.24 bits per heavy atom. The first-order valence-electron chi connectivity index (χ1n) is 7.44. The van der Waals surface area contributed by atoms with Crippen molar-refractivity contribution < 1.29 is 18.6 Å². The van der Waals surface area contributed by atoms with Crippen LogP contribution < -0.4 is 25.6 Å². The zero-order valence-electron chi connectivity index (χ0n) is 14.0. The average molecular weight is 340 g/mol. The Hall–Kier alpha value is -3.40. The predicted molar refractivity (Wildman–Crippen MR) is 88.6 cm³/mol. The van der Waals surface area contributed by atoms with Crippen LogP contribution >= 0.6 is 0 Å². The van der Waals surface area contributed by atoms with Crippen molar-refractivity contribution >= 4 is 0 Å². The molecule has 7 heteroatoms. The summed E-state index contributed by atoms with van der Waals surface area (Å²) in [7, 11) is 3.03. The van der Waals surface area contributed by atoms with Gasteiger partial charge in [0.05, 0.1) is 25.7 Å². The number of nitrogens with two attached hydrogens (primary N) is 1. The minimum atomic E-state index is -0.758. The van der Waals surface area contributed by atoms with Gasteiger partial charge in [0.15, 0.2) is 0 Å². The molecule has 1 aromatic carbocycles. The van der Waals surface area contributed by atoms with Crippen LogP contribution in [0.25, 0.3) is 0 Å². The molecule has 2 heterocycles. The summed E-state index contributed by atoms with van der Waals surface area (Å²) in [5.74, 6) is 0.886. The molecule has 25 heavy (non-hydrogen) atoms. The normalized spacial score (nSPS) is 15.8. The predicted octanol–water partition coefficient (Wildman–Crippen LogP) is 2.18. The number of hydrogen-bond acceptors (Lipinski definition) is 7. The van der Waals surface area contributed by atoms with Crippen molar-refractivity contribution in [3.05, 3.63) is 63.0 Å². The van der Waals surface area contributed by atoms with E-state index in [1.54, 1.807) is 31.2 Å². The number of allylic oxidation sites excluding steroid dienone is 1. The molecule has 0 saturated heterocycles. The largest absolute Gasteiger partial charge is 0.497 e. The summed E-state index contributed by atoms with van der Waals surface area (Å²) in [6.45, 7) is 1.63. The van der Waals surface area contributed by atoms with Crippen molar-refractivity contribution in [1.82, 2.24) is 0 Å². The zero-order chi connectivity index (χ0) is 18.1. The highest BCUT2D eigenvalue weighted by Crippen LogP contribution is 2.44. The number of nitriles is 1. The topological polar surface area (TPSA) is 108 Å². The van der Waals surface area contributed by atoms with Gasteiger partial charge in [-0.15, -0.1) is 0 Å². The maximum absolute atomic E-state index is 12.5. The van der Waals surface area contributed by atoms with E-state index >= 15 is 0 Å². The number of nitrogens with zero attached hydrogens (tertiary/aromatic N) is 1. The Balaban J connectivity index is 2.32. The van der Waals surface area contributed by atoms with Gasteiger partial charge in [-0.3, -0.25) is 0 Å². The van der Waals surface area contributed by atoms with Crippen LogP contribution in [0.15, 0.2) is 44.9 Å². The first-order valence-corrected chi connectivity index (χ1v) is 7.44. The second-order valence-electron chi connectivity index (χ2n) is 5.46. The lowest BCUT2D eigenvalue weighted by molar-refractivity contribution is 0.366. The van der Waals surface area contributed by atoms with Crippen molar-refractivity contribution in [2.45, 2.75) is 12.8 Å². The van der Waals surface area contributed by atoms with E-state index < -0.39 is 11.5 Å². The minimum absolute atomic E-state index is 0.0529. The first kappa shape index (κ1) is 16.5. The fraction of sp³-hybridized carbons (Fsp3) is 0.222. The van der Waals surface area contributed by atoms with Crippen LogP contribution in [-0.4, -0.2) is 14.2 Å². The Bertz CT molecular complexity index is 968. The van der Waals surface area contributed by atoms with E-state index in [-0.39, 0.29) is 22.8 Å². The highest BCUT2D eigenvalue weighted by molar-refractivity contribution is 5.58. The second-order valence-corrected chi connectivity index (χ2v) is 5.46. The van der Waals surface area contributed by atoms with E-state index in [0.29, 0.717) is 22.8 Å². The molecule has 0 saturated carbocycles. The van der Waals surface area contributed by atoms with Gasteiger partial charge in [0.1, 0.15) is 34.7 Å². The lowest BCUT2D eigenvalue weighted by atomic mass is 9.84. The molecule has 3 rings (SSSR count). The zero-order valence-corrected chi connectivity index (χ0v) is 14.0. The quantitative estimate of drug-likeness (QED) is 0.912. The highest BCUT2D eigenvalue weighted by atomic mass is 16.5. The van der Waals surface area contributed by atoms with E-state index in [4.69, 9.17) is 24.4 Å².